The highest BCUT2D eigenvalue weighted by Gasteiger charge is 2.44. The Bertz CT molecular complexity index is 1190. The van der Waals surface area contributed by atoms with E-state index in [1.54, 1.807) is 36.1 Å². The lowest BCUT2D eigenvalue weighted by Gasteiger charge is -2.26. The largest absolute Gasteiger partial charge is 0.503 e. The maximum absolute atomic E-state index is 13.7. The zero-order chi connectivity index (χ0) is 22.8. The standard InChI is InChI=1S/C25H23ClN2O3S/c1-3-4-14-28-20(16-10-12-18(26)13-11-16)19(22(30)25(28)31)21(29)23-15(2)27-24(32-23)17-8-6-5-7-9-17/h5-13,20,30H,3-4,14H2,1-2H3. The summed E-state index contributed by atoms with van der Waals surface area (Å²) in [7, 11) is 0. The number of halogens is 1. The van der Waals surface area contributed by atoms with E-state index in [4.69, 9.17) is 11.6 Å². The monoisotopic (exact) mass is 466 g/mol. The normalized spacial score (nSPS) is 16.2. The predicted octanol–water partition coefficient (Wildman–Crippen LogP) is 6.15. The molecular weight excluding hydrogens is 444 g/mol. The van der Waals surface area contributed by atoms with Crippen LogP contribution in [0, 0.1) is 6.92 Å². The van der Waals surface area contributed by atoms with E-state index < -0.39 is 17.7 Å². The zero-order valence-corrected chi connectivity index (χ0v) is 19.4. The minimum Gasteiger partial charge on any atom is -0.503 e. The molecule has 1 atom stereocenters. The lowest BCUT2D eigenvalue weighted by Crippen LogP contribution is -2.32. The Morgan fingerprint density at radius 1 is 1.16 bits per heavy atom. The molecule has 7 heteroatoms. The maximum Gasteiger partial charge on any atom is 0.290 e. The number of nitrogens with zero attached hydrogens (tertiary/aromatic N) is 2. The summed E-state index contributed by atoms with van der Waals surface area (Å²) in [5.74, 6) is -1.38. The number of aryl methyl sites for hydroxylation is 1. The Morgan fingerprint density at radius 2 is 1.84 bits per heavy atom. The lowest BCUT2D eigenvalue weighted by molar-refractivity contribution is -0.129. The molecule has 1 aliphatic heterocycles. The second-order valence-corrected chi connectivity index (χ2v) is 9.13. The number of unbranched alkanes of at least 4 members (excludes halogenated alkanes) is 1. The number of Topliss-reactive ketones (excluding diaryl/α,β-unsaturated/α-hetero) is 1. The molecule has 1 aliphatic rings. The summed E-state index contributed by atoms with van der Waals surface area (Å²) in [6.45, 7) is 4.25. The van der Waals surface area contributed by atoms with E-state index in [-0.39, 0.29) is 11.4 Å². The average molecular weight is 467 g/mol. The summed E-state index contributed by atoms with van der Waals surface area (Å²) in [6.07, 6.45) is 1.65. The number of benzene rings is 2. The van der Waals surface area contributed by atoms with Crippen molar-refractivity contribution >= 4 is 34.6 Å². The molecule has 0 radical (unpaired) electrons. The number of aliphatic hydroxyl groups is 1. The molecule has 1 amide bonds. The van der Waals surface area contributed by atoms with E-state index in [0.717, 1.165) is 29.0 Å². The number of ketones is 1. The number of amides is 1. The molecule has 4 rings (SSSR count). The van der Waals surface area contributed by atoms with Gasteiger partial charge in [-0.15, -0.1) is 11.3 Å². The van der Waals surface area contributed by atoms with Crippen LogP contribution >= 0.6 is 22.9 Å². The van der Waals surface area contributed by atoms with Gasteiger partial charge in [-0.3, -0.25) is 9.59 Å². The summed E-state index contributed by atoms with van der Waals surface area (Å²) in [5, 5.41) is 12.1. The van der Waals surface area contributed by atoms with Crippen LogP contribution in [0.5, 0.6) is 0 Å². The van der Waals surface area contributed by atoms with Gasteiger partial charge in [-0.1, -0.05) is 67.4 Å². The van der Waals surface area contributed by atoms with E-state index in [9.17, 15) is 14.7 Å². The molecular formula is C25H23ClN2O3S. The summed E-state index contributed by atoms with van der Waals surface area (Å²) in [5.41, 5.74) is 2.32. The van der Waals surface area contributed by atoms with Gasteiger partial charge in [-0.2, -0.15) is 0 Å². The third-order valence-corrected chi connectivity index (χ3v) is 6.97. The first-order valence-electron chi connectivity index (χ1n) is 10.5. The van der Waals surface area contributed by atoms with Crippen molar-refractivity contribution in [1.29, 1.82) is 0 Å². The van der Waals surface area contributed by atoms with Crippen LogP contribution in [0.1, 0.15) is 46.7 Å². The number of aliphatic hydroxyl groups excluding tert-OH is 1. The minimum absolute atomic E-state index is 0.0970. The Morgan fingerprint density at radius 3 is 2.50 bits per heavy atom. The summed E-state index contributed by atoms with van der Waals surface area (Å²) in [6, 6.07) is 16.0. The number of aromatic nitrogens is 1. The van der Waals surface area contributed by atoms with Crippen molar-refractivity contribution in [3.8, 4) is 10.6 Å². The van der Waals surface area contributed by atoms with Gasteiger partial charge in [-0.05, 0) is 31.0 Å². The second kappa shape index (κ2) is 9.27. The highest BCUT2D eigenvalue weighted by Crippen LogP contribution is 2.41. The van der Waals surface area contributed by atoms with Crippen LogP contribution < -0.4 is 0 Å². The Kier molecular flexibility index (Phi) is 6.44. The summed E-state index contributed by atoms with van der Waals surface area (Å²) >= 11 is 7.33. The highest BCUT2D eigenvalue weighted by atomic mass is 35.5. The van der Waals surface area contributed by atoms with Gasteiger partial charge in [0.1, 0.15) is 5.01 Å². The molecule has 5 nitrogen and oxygen atoms in total. The maximum atomic E-state index is 13.7. The molecule has 32 heavy (non-hydrogen) atoms. The second-order valence-electron chi connectivity index (χ2n) is 7.70. The van der Waals surface area contributed by atoms with Crippen molar-refractivity contribution in [3.05, 3.63) is 87.1 Å². The first kappa shape index (κ1) is 22.2. The van der Waals surface area contributed by atoms with Gasteiger partial charge in [0.25, 0.3) is 5.91 Å². The van der Waals surface area contributed by atoms with Crippen LogP contribution in [0.15, 0.2) is 65.9 Å². The molecule has 0 spiro atoms. The minimum atomic E-state index is -0.666. The fourth-order valence-corrected chi connectivity index (χ4v) is 5.02. The van der Waals surface area contributed by atoms with E-state index in [0.29, 0.717) is 22.1 Å². The van der Waals surface area contributed by atoms with Crippen LogP contribution in [0.4, 0.5) is 0 Å². The molecule has 1 unspecified atom stereocenters. The summed E-state index contributed by atoms with van der Waals surface area (Å²) in [4.78, 5) is 33.2. The van der Waals surface area contributed by atoms with Crippen LogP contribution in [0.3, 0.4) is 0 Å². The van der Waals surface area contributed by atoms with E-state index >= 15 is 0 Å². The van der Waals surface area contributed by atoms with Gasteiger partial charge in [0.15, 0.2) is 5.76 Å². The molecule has 2 heterocycles. The van der Waals surface area contributed by atoms with Gasteiger partial charge < -0.3 is 10.0 Å². The molecule has 0 fully saturated rings. The Hall–Kier alpha value is -2.96. The quantitative estimate of drug-likeness (QED) is 0.424. The van der Waals surface area contributed by atoms with Crippen molar-refractivity contribution < 1.29 is 14.7 Å². The number of carbonyl (C=O) groups excluding carboxylic acids is 2. The van der Waals surface area contributed by atoms with Crippen molar-refractivity contribution in [2.75, 3.05) is 6.54 Å². The first-order chi connectivity index (χ1) is 15.4. The Labute approximate surface area is 196 Å². The van der Waals surface area contributed by atoms with Crippen LogP contribution in [0.2, 0.25) is 5.02 Å². The average Bonchev–Trinajstić information content (AvgIpc) is 3.31. The lowest BCUT2D eigenvalue weighted by atomic mass is 9.95. The zero-order valence-electron chi connectivity index (χ0n) is 17.8. The van der Waals surface area contributed by atoms with Gasteiger partial charge >= 0.3 is 0 Å². The number of thiazole rings is 1. The van der Waals surface area contributed by atoms with E-state index in [1.807, 2.05) is 37.3 Å². The molecule has 3 aromatic rings. The number of carbonyl (C=O) groups is 2. The Balaban J connectivity index is 1.77. The first-order valence-corrected chi connectivity index (χ1v) is 11.7. The van der Waals surface area contributed by atoms with Gasteiger partial charge in [-0.25, -0.2) is 4.98 Å². The van der Waals surface area contributed by atoms with Crippen LogP contribution in [0.25, 0.3) is 10.6 Å². The summed E-state index contributed by atoms with van der Waals surface area (Å²) < 4.78 is 0. The van der Waals surface area contributed by atoms with E-state index in [1.165, 1.54) is 11.3 Å². The predicted molar refractivity (Wildman–Crippen MR) is 127 cm³/mol. The molecule has 0 aliphatic carbocycles. The fraction of sp³-hybridized carbons (Fsp3) is 0.240. The van der Waals surface area contributed by atoms with Gasteiger partial charge in [0.05, 0.1) is 22.2 Å². The third-order valence-electron chi connectivity index (χ3n) is 5.51. The number of rotatable bonds is 7. The highest BCUT2D eigenvalue weighted by molar-refractivity contribution is 7.17. The van der Waals surface area contributed by atoms with Gasteiger partial charge in [0.2, 0.25) is 5.78 Å². The molecule has 0 saturated heterocycles. The SMILES string of the molecule is CCCCN1C(=O)C(O)=C(C(=O)c2sc(-c3ccccc3)nc2C)C1c1ccc(Cl)cc1. The molecule has 2 aromatic carbocycles. The number of hydrogen-bond acceptors (Lipinski definition) is 5. The molecule has 1 N–H and O–H groups in total. The van der Waals surface area contributed by atoms with Crippen LogP contribution in [-0.2, 0) is 4.79 Å². The topological polar surface area (TPSA) is 70.5 Å². The third kappa shape index (κ3) is 4.08. The molecule has 0 bridgehead atoms. The number of hydrogen-bond donors (Lipinski definition) is 1. The van der Waals surface area contributed by atoms with Crippen molar-refractivity contribution in [2.24, 2.45) is 0 Å². The molecule has 164 valence electrons. The van der Waals surface area contributed by atoms with Gasteiger partial charge in [0, 0.05) is 17.1 Å². The van der Waals surface area contributed by atoms with Crippen molar-refractivity contribution in [1.82, 2.24) is 9.88 Å². The molecule has 1 aromatic heterocycles. The van der Waals surface area contributed by atoms with Crippen molar-refractivity contribution in [2.45, 2.75) is 32.7 Å². The molecule has 0 saturated carbocycles. The fourth-order valence-electron chi connectivity index (χ4n) is 3.87. The van der Waals surface area contributed by atoms with Crippen molar-refractivity contribution in [3.63, 3.8) is 0 Å². The van der Waals surface area contributed by atoms with Crippen LogP contribution in [-0.4, -0.2) is 33.2 Å². The smallest absolute Gasteiger partial charge is 0.290 e. The van der Waals surface area contributed by atoms with E-state index in [2.05, 4.69) is 4.98 Å².